The molecule has 0 bridgehead atoms. The Balaban J connectivity index is 2.82. The van der Waals surface area contributed by atoms with Gasteiger partial charge >= 0.3 is 0 Å². The Hall–Kier alpha value is -0.0900. The molecule has 0 heterocycles. The Morgan fingerprint density at radius 1 is 1.44 bits per heavy atom. The van der Waals surface area contributed by atoms with Crippen molar-refractivity contribution in [2.45, 2.75) is 45.3 Å². The van der Waals surface area contributed by atoms with E-state index in [2.05, 4.69) is 29.8 Å². The van der Waals surface area contributed by atoms with Gasteiger partial charge in [0.2, 0.25) is 0 Å². The molecule has 0 saturated heterocycles. The van der Waals surface area contributed by atoms with Crippen LogP contribution in [0.4, 0.5) is 0 Å². The molecule has 0 spiro atoms. The van der Waals surface area contributed by atoms with E-state index in [-0.39, 0.29) is 11.6 Å². The zero-order chi connectivity index (χ0) is 13.8. The Labute approximate surface area is 123 Å². The van der Waals surface area contributed by atoms with E-state index in [0.29, 0.717) is 6.61 Å². The van der Waals surface area contributed by atoms with Gasteiger partial charge < -0.3 is 10.5 Å². The topological polar surface area (TPSA) is 35.2 Å². The average Bonchev–Trinajstić information content (AvgIpc) is 2.32. The van der Waals surface area contributed by atoms with Gasteiger partial charge in [-0.15, -0.1) is 0 Å². The number of ether oxygens (including phenoxy) is 1. The number of benzene rings is 1. The molecule has 1 aromatic carbocycles. The molecule has 0 aromatic heterocycles. The maximum atomic E-state index is 6.29. The third kappa shape index (κ3) is 3.95. The second-order valence-electron chi connectivity index (χ2n) is 4.65. The molecule has 0 aliphatic carbocycles. The molecule has 1 rings (SSSR count). The summed E-state index contributed by atoms with van der Waals surface area (Å²) in [4.78, 5) is 0. The predicted octanol–water partition coefficient (Wildman–Crippen LogP) is 4.18. The first-order valence-corrected chi connectivity index (χ1v) is 7.43. The molecule has 2 nitrogen and oxygen atoms in total. The van der Waals surface area contributed by atoms with Crippen molar-refractivity contribution in [3.63, 3.8) is 0 Å². The van der Waals surface area contributed by atoms with Gasteiger partial charge in [0.05, 0.1) is 5.60 Å². The van der Waals surface area contributed by atoms with E-state index in [9.17, 15) is 0 Å². The fraction of sp³-hybridized carbons (Fsp3) is 0.571. The van der Waals surface area contributed by atoms with Crippen LogP contribution in [-0.2, 0) is 11.2 Å². The first-order valence-electron chi connectivity index (χ1n) is 6.26. The molecule has 102 valence electrons. The fourth-order valence-electron chi connectivity index (χ4n) is 1.94. The van der Waals surface area contributed by atoms with Crippen LogP contribution in [0.3, 0.4) is 0 Å². The summed E-state index contributed by atoms with van der Waals surface area (Å²) in [7, 11) is 0. The van der Waals surface area contributed by atoms with Crippen molar-refractivity contribution < 1.29 is 4.74 Å². The zero-order valence-corrected chi connectivity index (χ0v) is 13.5. The van der Waals surface area contributed by atoms with Crippen LogP contribution in [0.5, 0.6) is 0 Å². The van der Waals surface area contributed by atoms with E-state index in [1.807, 2.05) is 25.1 Å². The molecule has 0 amide bonds. The minimum absolute atomic E-state index is 0.0684. The van der Waals surface area contributed by atoms with Crippen molar-refractivity contribution >= 4 is 27.5 Å². The van der Waals surface area contributed by atoms with Crippen LogP contribution in [0.1, 0.15) is 32.8 Å². The van der Waals surface area contributed by atoms with Crippen LogP contribution in [0.25, 0.3) is 0 Å². The summed E-state index contributed by atoms with van der Waals surface area (Å²) in [5, 5.41) is 0.745. The SMILES string of the molecule is CCOC(C)(CC)C(N)Cc1ccc(Br)cc1Cl. The van der Waals surface area contributed by atoms with Crippen LogP contribution >= 0.6 is 27.5 Å². The van der Waals surface area contributed by atoms with Gasteiger partial charge in [0.25, 0.3) is 0 Å². The van der Waals surface area contributed by atoms with Gasteiger partial charge in [-0.2, -0.15) is 0 Å². The van der Waals surface area contributed by atoms with Gasteiger partial charge in [-0.05, 0) is 44.4 Å². The maximum Gasteiger partial charge on any atom is 0.0805 e. The summed E-state index contributed by atoms with van der Waals surface area (Å²) in [5.74, 6) is 0. The van der Waals surface area contributed by atoms with Crippen molar-refractivity contribution in [3.8, 4) is 0 Å². The predicted molar refractivity (Wildman–Crippen MR) is 81.2 cm³/mol. The highest BCUT2D eigenvalue weighted by atomic mass is 79.9. The van der Waals surface area contributed by atoms with E-state index >= 15 is 0 Å². The highest BCUT2D eigenvalue weighted by Crippen LogP contribution is 2.26. The van der Waals surface area contributed by atoms with Crippen molar-refractivity contribution in [2.24, 2.45) is 5.73 Å². The second-order valence-corrected chi connectivity index (χ2v) is 5.97. The lowest BCUT2D eigenvalue weighted by Gasteiger charge is -2.34. The molecule has 1 aromatic rings. The minimum Gasteiger partial charge on any atom is -0.374 e. The minimum atomic E-state index is -0.300. The van der Waals surface area contributed by atoms with Crippen molar-refractivity contribution in [2.75, 3.05) is 6.61 Å². The van der Waals surface area contributed by atoms with E-state index in [1.54, 1.807) is 0 Å². The van der Waals surface area contributed by atoms with Gasteiger partial charge in [0, 0.05) is 22.1 Å². The quantitative estimate of drug-likeness (QED) is 0.847. The summed E-state index contributed by atoms with van der Waals surface area (Å²) in [5.41, 5.74) is 7.05. The molecular weight excluding hydrogens is 314 g/mol. The number of nitrogens with two attached hydrogens (primary N) is 1. The standard InChI is InChI=1S/C14H21BrClNO/c1-4-14(3,18-5-2)13(17)8-10-6-7-11(15)9-12(10)16/h6-7,9,13H,4-5,8,17H2,1-3H3. The Kier molecular flexibility index (Phi) is 6.12. The number of halogens is 2. The third-order valence-electron chi connectivity index (χ3n) is 3.42. The summed E-state index contributed by atoms with van der Waals surface area (Å²) in [6.07, 6.45) is 1.60. The van der Waals surface area contributed by atoms with Gasteiger partial charge in [0.1, 0.15) is 0 Å². The van der Waals surface area contributed by atoms with Gasteiger partial charge in [-0.25, -0.2) is 0 Å². The highest BCUT2D eigenvalue weighted by molar-refractivity contribution is 9.10. The molecule has 2 unspecified atom stereocenters. The number of hydrogen-bond donors (Lipinski definition) is 1. The first kappa shape index (κ1) is 16.0. The lowest BCUT2D eigenvalue weighted by Crippen LogP contribution is -2.48. The second kappa shape index (κ2) is 6.90. The number of hydrogen-bond acceptors (Lipinski definition) is 2. The van der Waals surface area contributed by atoms with E-state index in [0.717, 1.165) is 27.9 Å². The van der Waals surface area contributed by atoms with Crippen molar-refractivity contribution in [1.29, 1.82) is 0 Å². The lowest BCUT2D eigenvalue weighted by atomic mass is 9.89. The average molecular weight is 335 g/mol. The molecule has 2 N–H and O–H groups in total. The summed E-state index contributed by atoms with van der Waals surface area (Å²) < 4.78 is 6.78. The first-order chi connectivity index (χ1) is 8.42. The molecular formula is C14H21BrClNO. The summed E-state index contributed by atoms with van der Waals surface area (Å²) in [6.45, 7) is 6.83. The van der Waals surface area contributed by atoms with Crippen LogP contribution in [0.15, 0.2) is 22.7 Å². The molecule has 0 aliphatic heterocycles. The Bertz CT molecular complexity index is 399. The summed E-state index contributed by atoms with van der Waals surface area (Å²) >= 11 is 9.62. The number of rotatable bonds is 6. The van der Waals surface area contributed by atoms with Crippen LogP contribution < -0.4 is 5.73 Å². The molecule has 0 fully saturated rings. The van der Waals surface area contributed by atoms with Crippen molar-refractivity contribution in [1.82, 2.24) is 0 Å². The molecule has 18 heavy (non-hydrogen) atoms. The molecule has 2 atom stereocenters. The largest absolute Gasteiger partial charge is 0.374 e. The van der Waals surface area contributed by atoms with Gasteiger partial charge in [-0.1, -0.05) is 40.5 Å². The van der Waals surface area contributed by atoms with Gasteiger partial charge in [-0.3, -0.25) is 0 Å². The molecule has 4 heteroatoms. The normalized spacial score (nSPS) is 16.3. The zero-order valence-electron chi connectivity index (χ0n) is 11.2. The Morgan fingerprint density at radius 3 is 2.61 bits per heavy atom. The monoisotopic (exact) mass is 333 g/mol. The van der Waals surface area contributed by atoms with E-state index in [1.165, 1.54) is 0 Å². The fourth-order valence-corrected chi connectivity index (χ4v) is 2.69. The third-order valence-corrected chi connectivity index (χ3v) is 4.26. The lowest BCUT2D eigenvalue weighted by molar-refractivity contribution is -0.0461. The van der Waals surface area contributed by atoms with Crippen LogP contribution in [0, 0.1) is 0 Å². The molecule has 0 radical (unpaired) electrons. The molecule has 0 aliphatic rings. The van der Waals surface area contributed by atoms with E-state index in [4.69, 9.17) is 22.1 Å². The van der Waals surface area contributed by atoms with Gasteiger partial charge in [0.15, 0.2) is 0 Å². The smallest absolute Gasteiger partial charge is 0.0805 e. The maximum absolute atomic E-state index is 6.29. The Morgan fingerprint density at radius 2 is 2.11 bits per heavy atom. The summed E-state index contributed by atoms with van der Waals surface area (Å²) in [6, 6.07) is 5.82. The van der Waals surface area contributed by atoms with Crippen LogP contribution in [0.2, 0.25) is 5.02 Å². The van der Waals surface area contributed by atoms with E-state index < -0.39 is 0 Å². The van der Waals surface area contributed by atoms with Crippen molar-refractivity contribution in [3.05, 3.63) is 33.3 Å². The molecule has 0 saturated carbocycles. The highest BCUT2D eigenvalue weighted by Gasteiger charge is 2.30. The van der Waals surface area contributed by atoms with Crippen LogP contribution in [-0.4, -0.2) is 18.2 Å².